The summed E-state index contributed by atoms with van der Waals surface area (Å²) in [6.07, 6.45) is 5.93. The summed E-state index contributed by atoms with van der Waals surface area (Å²) in [4.78, 5) is 20.1. The predicted octanol–water partition coefficient (Wildman–Crippen LogP) is 4.82. The van der Waals surface area contributed by atoms with Gasteiger partial charge in [0.05, 0.1) is 35.8 Å². The third-order valence-electron chi connectivity index (χ3n) is 6.10. The van der Waals surface area contributed by atoms with Crippen molar-refractivity contribution in [1.82, 2.24) is 19.7 Å². The van der Waals surface area contributed by atoms with Crippen molar-refractivity contribution in [2.24, 2.45) is 0 Å². The summed E-state index contributed by atoms with van der Waals surface area (Å²) in [5.41, 5.74) is 3.66. The minimum Gasteiger partial charge on any atom is -0.481 e. The van der Waals surface area contributed by atoms with E-state index in [1.54, 1.807) is 12.3 Å². The van der Waals surface area contributed by atoms with E-state index in [2.05, 4.69) is 15.1 Å². The van der Waals surface area contributed by atoms with Gasteiger partial charge in [0.2, 0.25) is 5.88 Å². The van der Waals surface area contributed by atoms with Crippen molar-refractivity contribution < 1.29 is 9.13 Å². The minimum absolute atomic E-state index is 0.218. The molecule has 1 aliphatic rings. The summed E-state index contributed by atoms with van der Waals surface area (Å²) in [5.74, 6) is -0.0211. The second-order valence-electron chi connectivity index (χ2n) is 8.09. The zero-order valence-electron chi connectivity index (χ0n) is 17.3. The van der Waals surface area contributed by atoms with Crippen LogP contribution in [0.3, 0.4) is 0 Å². The third-order valence-corrected chi connectivity index (χ3v) is 6.10. The van der Waals surface area contributed by atoms with Gasteiger partial charge in [0.1, 0.15) is 5.82 Å². The Labute approximate surface area is 172 Å². The van der Waals surface area contributed by atoms with Crippen LogP contribution in [0.1, 0.15) is 43.0 Å². The van der Waals surface area contributed by atoms with Gasteiger partial charge in [-0.15, -0.1) is 0 Å². The number of H-pyrrole nitrogens is 1. The van der Waals surface area contributed by atoms with Crippen molar-refractivity contribution in [2.75, 3.05) is 7.11 Å². The first-order valence-electron chi connectivity index (χ1n) is 10.2. The molecule has 0 spiro atoms. The Bertz CT molecular complexity index is 1350. The number of aromatic nitrogens is 4. The highest BCUT2D eigenvalue weighted by Crippen LogP contribution is 2.38. The molecule has 1 aliphatic carbocycles. The van der Waals surface area contributed by atoms with Crippen LogP contribution in [0.5, 0.6) is 5.88 Å². The number of methoxy groups -OCH3 is 1. The average molecular weight is 406 g/mol. The molecule has 3 heterocycles. The first kappa shape index (κ1) is 18.8. The Morgan fingerprint density at radius 3 is 2.67 bits per heavy atom. The van der Waals surface area contributed by atoms with Crippen molar-refractivity contribution >= 4 is 21.8 Å². The van der Waals surface area contributed by atoms with E-state index in [9.17, 15) is 4.79 Å². The molecule has 0 saturated heterocycles. The third kappa shape index (κ3) is 2.80. The lowest BCUT2D eigenvalue weighted by molar-refractivity contribution is 0.398. The molecule has 0 radical (unpaired) electrons. The number of nitrogens with zero attached hydrogens (tertiary/aromatic N) is 3. The van der Waals surface area contributed by atoms with Gasteiger partial charge >= 0.3 is 0 Å². The number of hydrogen-bond acceptors (Lipinski definition) is 4. The minimum atomic E-state index is -0.387. The summed E-state index contributed by atoms with van der Waals surface area (Å²) in [6, 6.07) is 5.32. The van der Waals surface area contributed by atoms with Crippen molar-refractivity contribution in [3.05, 3.63) is 51.8 Å². The van der Waals surface area contributed by atoms with Crippen molar-refractivity contribution in [2.45, 2.75) is 45.6 Å². The van der Waals surface area contributed by atoms with E-state index in [-0.39, 0.29) is 17.4 Å². The van der Waals surface area contributed by atoms with E-state index in [1.807, 2.05) is 24.6 Å². The summed E-state index contributed by atoms with van der Waals surface area (Å²) in [7, 11) is 1.52. The van der Waals surface area contributed by atoms with E-state index in [4.69, 9.17) is 4.74 Å². The Hall–Kier alpha value is -3.22. The van der Waals surface area contributed by atoms with Gasteiger partial charge in [0.15, 0.2) is 0 Å². The topological polar surface area (TPSA) is 72.8 Å². The number of fused-ring (bicyclic) bond motifs is 3. The molecule has 4 aromatic rings. The average Bonchev–Trinajstić information content (AvgIpc) is 3.38. The monoisotopic (exact) mass is 406 g/mol. The molecule has 7 heteroatoms. The molecule has 5 rings (SSSR count). The summed E-state index contributed by atoms with van der Waals surface area (Å²) < 4.78 is 22.8. The normalized spacial score (nSPS) is 14.8. The van der Waals surface area contributed by atoms with Crippen LogP contribution in [0.15, 0.2) is 29.2 Å². The van der Waals surface area contributed by atoms with Crippen LogP contribution >= 0.6 is 0 Å². The quantitative estimate of drug-likeness (QED) is 0.529. The molecule has 3 aromatic heterocycles. The number of aryl methyl sites for hydroxylation is 2. The highest BCUT2D eigenvalue weighted by Gasteiger charge is 2.23. The van der Waals surface area contributed by atoms with E-state index in [0.717, 1.165) is 36.9 Å². The Morgan fingerprint density at radius 2 is 1.93 bits per heavy atom. The molecule has 1 saturated carbocycles. The highest BCUT2D eigenvalue weighted by molar-refractivity contribution is 6.04. The van der Waals surface area contributed by atoms with Crippen molar-refractivity contribution in [3.8, 4) is 17.0 Å². The van der Waals surface area contributed by atoms with Crippen LogP contribution in [0.25, 0.3) is 32.9 Å². The maximum atomic E-state index is 15.4. The molecular formula is C23H23FN4O2. The molecule has 30 heavy (non-hydrogen) atoms. The van der Waals surface area contributed by atoms with Crippen LogP contribution in [0.2, 0.25) is 0 Å². The largest absolute Gasteiger partial charge is 0.481 e. The maximum Gasteiger partial charge on any atom is 0.259 e. The van der Waals surface area contributed by atoms with E-state index in [0.29, 0.717) is 38.8 Å². The Morgan fingerprint density at radius 1 is 1.17 bits per heavy atom. The van der Waals surface area contributed by atoms with Crippen LogP contribution in [0.4, 0.5) is 4.39 Å². The predicted molar refractivity (Wildman–Crippen MR) is 115 cm³/mol. The first-order valence-corrected chi connectivity index (χ1v) is 10.2. The lowest BCUT2D eigenvalue weighted by atomic mass is 9.98. The molecule has 1 N–H and O–H groups in total. The van der Waals surface area contributed by atoms with Crippen LogP contribution in [-0.2, 0) is 0 Å². The molecular weight excluding hydrogens is 383 g/mol. The number of benzene rings is 1. The molecule has 6 nitrogen and oxygen atoms in total. The van der Waals surface area contributed by atoms with Crippen molar-refractivity contribution in [1.29, 1.82) is 0 Å². The number of rotatable bonds is 3. The second-order valence-corrected chi connectivity index (χ2v) is 8.09. The fourth-order valence-electron chi connectivity index (χ4n) is 4.75. The van der Waals surface area contributed by atoms with Gasteiger partial charge in [-0.3, -0.25) is 9.48 Å². The number of nitrogens with one attached hydrogen (secondary N) is 1. The number of ether oxygens (including phenoxy) is 1. The Balaban J connectivity index is 1.81. The smallest absolute Gasteiger partial charge is 0.259 e. The SMILES string of the molecule is COc1nc(C)cc(C)c1-c1cc2[nH]c(=O)c3cnn(C4CCCC4)c3c2cc1F. The molecule has 0 bridgehead atoms. The van der Waals surface area contributed by atoms with Crippen LogP contribution in [-0.4, -0.2) is 26.9 Å². The molecule has 0 unspecified atom stereocenters. The molecule has 154 valence electrons. The highest BCUT2D eigenvalue weighted by atomic mass is 19.1. The lowest BCUT2D eigenvalue weighted by Crippen LogP contribution is -2.10. The van der Waals surface area contributed by atoms with Gasteiger partial charge in [0.25, 0.3) is 5.56 Å². The summed E-state index contributed by atoms with van der Waals surface area (Å²) in [5, 5.41) is 5.65. The number of aromatic amines is 1. The number of halogens is 1. The van der Waals surface area contributed by atoms with Gasteiger partial charge in [-0.1, -0.05) is 12.8 Å². The first-order chi connectivity index (χ1) is 14.5. The van der Waals surface area contributed by atoms with Crippen LogP contribution < -0.4 is 10.3 Å². The molecule has 0 atom stereocenters. The lowest BCUT2D eigenvalue weighted by Gasteiger charge is -2.15. The van der Waals surface area contributed by atoms with Crippen molar-refractivity contribution in [3.63, 3.8) is 0 Å². The second kappa shape index (κ2) is 6.93. The van der Waals surface area contributed by atoms with Gasteiger partial charge in [-0.25, -0.2) is 9.37 Å². The maximum absolute atomic E-state index is 15.4. The van der Waals surface area contributed by atoms with Gasteiger partial charge in [-0.05, 0) is 50.5 Å². The fraction of sp³-hybridized carbons (Fsp3) is 0.348. The summed E-state index contributed by atoms with van der Waals surface area (Å²) >= 11 is 0. The van der Waals surface area contributed by atoms with Gasteiger partial charge in [0, 0.05) is 22.2 Å². The van der Waals surface area contributed by atoms with Gasteiger partial charge in [-0.2, -0.15) is 5.10 Å². The standard InChI is InChI=1S/C23H23FN4O2/c1-12-8-13(2)26-23(30-3)20(12)15-10-19-16(9-18(15)24)21-17(22(29)27-19)11-25-28(21)14-6-4-5-7-14/h8-11,14H,4-7H2,1-3H3,(H,27,29). The van der Waals surface area contributed by atoms with E-state index in [1.165, 1.54) is 13.2 Å². The van der Waals surface area contributed by atoms with Gasteiger partial charge < -0.3 is 9.72 Å². The zero-order valence-corrected chi connectivity index (χ0v) is 17.3. The van der Waals surface area contributed by atoms with E-state index >= 15 is 4.39 Å². The fourth-order valence-corrected chi connectivity index (χ4v) is 4.75. The van der Waals surface area contributed by atoms with Crippen LogP contribution in [0, 0.1) is 19.7 Å². The number of hydrogen-bond donors (Lipinski definition) is 1. The molecule has 0 aliphatic heterocycles. The molecule has 1 aromatic carbocycles. The Kier molecular flexibility index (Phi) is 4.34. The summed E-state index contributed by atoms with van der Waals surface area (Å²) in [6.45, 7) is 3.77. The molecule has 0 amide bonds. The molecule has 1 fully saturated rings. The zero-order chi connectivity index (χ0) is 21.0. The number of pyridine rings is 2. The van der Waals surface area contributed by atoms with E-state index < -0.39 is 0 Å².